The third-order valence-electron chi connectivity index (χ3n) is 3.63. The van der Waals surface area contributed by atoms with Crippen molar-refractivity contribution in [2.45, 2.75) is 25.9 Å². The molecule has 1 aliphatic rings. The van der Waals surface area contributed by atoms with Gasteiger partial charge in [-0.1, -0.05) is 35.3 Å². The highest BCUT2D eigenvalue weighted by molar-refractivity contribution is 6.42. The van der Waals surface area contributed by atoms with Crippen LogP contribution >= 0.6 is 23.2 Å². The van der Waals surface area contributed by atoms with E-state index >= 15 is 0 Å². The van der Waals surface area contributed by atoms with Gasteiger partial charge in [0.1, 0.15) is 18.1 Å². The van der Waals surface area contributed by atoms with Crippen LogP contribution in [-0.2, 0) is 24.2 Å². The third kappa shape index (κ3) is 3.39. The van der Waals surface area contributed by atoms with Crippen molar-refractivity contribution in [2.75, 3.05) is 0 Å². The number of aryl methyl sites for hydroxylation is 1. The van der Waals surface area contributed by atoms with Crippen molar-refractivity contribution in [3.63, 3.8) is 0 Å². The first-order valence-corrected chi connectivity index (χ1v) is 7.57. The fourth-order valence-electron chi connectivity index (χ4n) is 2.47. The molecule has 0 fully saturated rings. The zero-order chi connectivity index (χ0) is 14.8. The SMILES string of the molecule is O=C1CCc2ccc(OCc3ccc(Cl)c(Cl)c3)cc2C1. The molecule has 0 radical (unpaired) electrons. The summed E-state index contributed by atoms with van der Waals surface area (Å²) < 4.78 is 5.78. The lowest BCUT2D eigenvalue weighted by molar-refractivity contribution is -0.118. The first-order valence-electron chi connectivity index (χ1n) is 6.82. The fraction of sp³-hybridized carbons (Fsp3) is 0.235. The van der Waals surface area contributed by atoms with Crippen LogP contribution in [0.5, 0.6) is 5.75 Å². The number of carbonyl (C=O) groups excluding carboxylic acids is 1. The predicted octanol–water partition coefficient (Wildman–Crippen LogP) is 4.63. The molecule has 4 heteroatoms. The number of ketones is 1. The van der Waals surface area contributed by atoms with Gasteiger partial charge in [-0.25, -0.2) is 0 Å². The molecule has 2 aromatic carbocycles. The summed E-state index contributed by atoms with van der Waals surface area (Å²) in [5.41, 5.74) is 3.28. The van der Waals surface area contributed by atoms with Crippen LogP contribution in [0.2, 0.25) is 10.0 Å². The van der Waals surface area contributed by atoms with E-state index in [-0.39, 0.29) is 0 Å². The molecule has 0 atom stereocenters. The molecular formula is C17H14Cl2O2. The second-order valence-corrected chi connectivity index (χ2v) is 6.00. The Bertz CT molecular complexity index is 695. The smallest absolute Gasteiger partial charge is 0.137 e. The number of ether oxygens (including phenoxy) is 1. The van der Waals surface area contributed by atoms with Gasteiger partial charge in [0.2, 0.25) is 0 Å². The molecule has 0 aromatic heterocycles. The van der Waals surface area contributed by atoms with E-state index in [0.29, 0.717) is 35.3 Å². The number of Topliss-reactive ketones (excluding diaryl/α,β-unsaturated/α-hetero) is 1. The molecule has 0 N–H and O–H groups in total. The quantitative estimate of drug-likeness (QED) is 0.824. The summed E-state index contributed by atoms with van der Waals surface area (Å²) in [6, 6.07) is 11.4. The van der Waals surface area contributed by atoms with Gasteiger partial charge in [0.15, 0.2) is 0 Å². The monoisotopic (exact) mass is 320 g/mol. The van der Waals surface area contributed by atoms with Crippen LogP contribution in [0.4, 0.5) is 0 Å². The first-order chi connectivity index (χ1) is 10.1. The van der Waals surface area contributed by atoms with Crippen molar-refractivity contribution in [3.8, 4) is 5.75 Å². The molecule has 0 saturated carbocycles. The highest BCUT2D eigenvalue weighted by atomic mass is 35.5. The Morgan fingerprint density at radius 3 is 2.62 bits per heavy atom. The maximum Gasteiger partial charge on any atom is 0.137 e. The number of carbonyl (C=O) groups is 1. The summed E-state index contributed by atoms with van der Waals surface area (Å²) in [5, 5.41) is 1.06. The average molecular weight is 321 g/mol. The molecule has 0 aliphatic heterocycles. The molecule has 21 heavy (non-hydrogen) atoms. The number of rotatable bonds is 3. The van der Waals surface area contributed by atoms with Gasteiger partial charge < -0.3 is 4.74 Å². The fourth-order valence-corrected chi connectivity index (χ4v) is 2.79. The minimum Gasteiger partial charge on any atom is -0.489 e. The molecule has 0 spiro atoms. The van der Waals surface area contributed by atoms with Crippen LogP contribution < -0.4 is 4.74 Å². The van der Waals surface area contributed by atoms with E-state index < -0.39 is 0 Å². The Morgan fingerprint density at radius 1 is 0.952 bits per heavy atom. The van der Waals surface area contributed by atoms with Gasteiger partial charge in [-0.2, -0.15) is 0 Å². The summed E-state index contributed by atoms with van der Waals surface area (Å²) in [5.74, 6) is 1.07. The van der Waals surface area contributed by atoms with Gasteiger partial charge in [-0.15, -0.1) is 0 Å². The molecular weight excluding hydrogens is 307 g/mol. The highest BCUT2D eigenvalue weighted by Gasteiger charge is 2.15. The summed E-state index contributed by atoms with van der Waals surface area (Å²) in [6.07, 6.45) is 2.00. The van der Waals surface area contributed by atoms with E-state index in [2.05, 4.69) is 0 Å². The lowest BCUT2D eigenvalue weighted by Crippen LogP contribution is -2.13. The van der Waals surface area contributed by atoms with Crippen LogP contribution in [0.25, 0.3) is 0 Å². The maximum absolute atomic E-state index is 11.5. The molecule has 0 bridgehead atoms. The second-order valence-electron chi connectivity index (χ2n) is 5.18. The second kappa shape index (κ2) is 6.08. The first kappa shape index (κ1) is 14.4. The average Bonchev–Trinajstić information content (AvgIpc) is 2.48. The third-order valence-corrected chi connectivity index (χ3v) is 4.37. The normalized spacial score (nSPS) is 13.9. The lowest BCUT2D eigenvalue weighted by atomic mass is 9.91. The molecule has 1 aliphatic carbocycles. The van der Waals surface area contributed by atoms with Crippen molar-refractivity contribution in [3.05, 3.63) is 63.1 Å². The van der Waals surface area contributed by atoms with Crippen molar-refractivity contribution in [1.29, 1.82) is 0 Å². The summed E-state index contributed by atoms with van der Waals surface area (Å²) in [6.45, 7) is 0.420. The molecule has 0 unspecified atom stereocenters. The van der Waals surface area contributed by atoms with Gasteiger partial charge >= 0.3 is 0 Å². The van der Waals surface area contributed by atoms with Crippen LogP contribution in [-0.4, -0.2) is 5.78 Å². The summed E-state index contributed by atoms with van der Waals surface area (Å²) in [7, 11) is 0. The largest absolute Gasteiger partial charge is 0.489 e. The Morgan fingerprint density at radius 2 is 1.81 bits per heavy atom. The number of hydrogen-bond acceptors (Lipinski definition) is 2. The van der Waals surface area contributed by atoms with Gasteiger partial charge in [-0.05, 0) is 47.4 Å². The molecule has 2 aromatic rings. The summed E-state index contributed by atoms with van der Waals surface area (Å²) >= 11 is 11.9. The van der Waals surface area contributed by atoms with Crippen molar-refractivity contribution < 1.29 is 9.53 Å². The molecule has 0 heterocycles. The number of hydrogen-bond donors (Lipinski definition) is 0. The van der Waals surface area contributed by atoms with Crippen molar-refractivity contribution >= 4 is 29.0 Å². The van der Waals surface area contributed by atoms with Crippen LogP contribution in [0.1, 0.15) is 23.1 Å². The van der Waals surface area contributed by atoms with Gasteiger partial charge in [0.05, 0.1) is 10.0 Å². The zero-order valence-corrected chi connectivity index (χ0v) is 12.9. The number of fused-ring (bicyclic) bond motifs is 1. The van der Waals surface area contributed by atoms with E-state index in [9.17, 15) is 4.79 Å². The highest BCUT2D eigenvalue weighted by Crippen LogP contribution is 2.26. The van der Waals surface area contributed by atoms with Crippen LogP contribution in [0.3, 0.4) is 0 Å². The van der Waals surface area contributed by atoms with Crippen LogP contribution in [0, 0.1) is 0 Å². The Labute approximate surface area is 133 Å². The van der Waals surface area contributed by atoms with E-state index in [1.807, 2.05) is 24.3 Å². The topological polar surface area (TPSA) is 26.3 Å². The molecule has 0 amide bonds. The Balaban J connectivity index is 1.72. The lowest BCUT2D eigenvalue weighted by Gasteiger charge is -2.16. The number of benzene rings is 2. The number of halogens is 2. The van der Waals surface area contributed by atoms with Gasteiger partial charge in [0, 0.05) is 12.8 Å². The van der Waals surface area contributed by atoms with Crippen LogP contribution in [0.15, 0.2) is 36.4 Å². The minimum absolute atomic E-state index is 0.295. The molecule has 108 valence electrons. The van der Waals surface area contributed by atoms with Gasteiger partial charge in [-0.3, -0.25) is 4.79 Å². The molecule has 3 rings (SSSR count). The van der Waals surface area contributed by atoms with E-state index in [1.54, 1.807) is 12.1 Å². The Hall–Kier alpha value is -1.51. The van der Waals surface area contributed by atoms with E-state index in [1.165, 1.54) is 5.56 Å². The van der Waals surface area contributed by atoms with Crippen molar-refractivity contribution in [1.82, 2.24) is 0 Å². The maximum atomic E-state index is 11.5. The molecule has 0 saturated heterocycles. The van der Waals surface area contributed by atoms with Crippen molar-refractivity contribution in [2.24, 2.45) is 0 Å². The Kier molecular flexibility index (Phi) is 4.18. The molecule has 2 nitrogen and oxygen atoms in total. The van der Waals surface area contributed by atoms with Gasteiger partial charge in [0.25, 0.3) is 0 Å². The van der Waals surface area contributed by atoms with E-state index in [4.69, 9.17) is 27.9 Å². The zero-order valence-electron chi connectivity index (χ0n) is 11.4. The predicted molar refractivity (Wildman–Crippen MR) is 84.3 cm³/mol. The summed E-state index contributed by atoms with van der Waals surface area (Å²) in [4.78, 5) is 11.5. The van der Waals surface area contributed by atoms with E-state index in [0.717, 1.165) is 23.3 Å². The standard InChI is InChI=1S/C17H14Cl2O2/c18-16-6-1-11(7-17(16)19)10-21-15-5-3-12-2-4-14(20)8-13(12)9-15/h1,3,5-7,9H,2,4,8,10H2. The minimum atomic E-state index is 0.295.